The molecular weight excluding hydrogens is 541 g/mol. The Kier molecular flexibility index (Phi) is 9.73. The monoisotopic (exact) mass is 580 g/mol. The molecule has 3 aliphatic heterocycles. The zero-order valence-corrected chi connectivity index (χ0v) is 23.8. The van der Waals surface area contributed by atoms with Crippen molar-refractivity contribution in [3.63, 3.8) is 0 Å². The van der Waals surface area contributed by atoms with Gasteiger partial charge in [-0.25, -0.2) is 9.78 Å². The lowest BCUT2D eigenvalue weighted by atomic mass is 9.99. The van der Waals surface area contributed by atoms with Crippen LogP contribution in [0.15, 0.2) is 30.3 Å². The highest BCUT2D eigenvalue weighted by Crippen LogP contribution is 2.34. The molecule has 12 heteroatoms. The summed E-state index contributed by atoms with van der Waals surface area (Å²) < 4.78 is 43.9. The number of rotatable bonds is 5. The maximum Gasteiger partial charge on any atom is 0.389 e. The fourth-order valence-corrected chi connectivity index (χ4v) is 5.72. The molecule has 40 heavy (non-hydrogen) atoms. The molecule has 220 valence electrons. The molecule has 8 nitrogen and oxygen atoms in total. The van der Waals surface area contributed by atoms with Gasteiger partial charge in [-0.05, 0) is 73.1 Å². The summed E-state index contributed by atoms with van der Waals surface area (Å²) >= 11 is 0. The Hall–Kier alpha value is -2.70. The molecule has 1 aromatic heterocycles. The number of likely N-dealkylation sites (tertiary alicyclic amines) is 1. The van der Waals surface area contributed by atoms with Crippen LogP contribution in [-0.2, 0) is 4.74 Å². The first-order valence-electron chi connectivity index (χ1n) is 13.7. The van der Waals surface area contributed by atoms with E-state index in [1.54, 1.807) is 0 Å². The van der Waals surface area contributed by atoms with Crippen molar-refractivity contribution in [1.29, 1.82) is 0 Å². The number of amides is 2. The lowest BCUT2D eigenvalue weighted by Crippen LogP contribution is -2.43. The van der Waals surface area contributed by atoms with Crippen LogP contribution in [0.1, 0.15) is 31.2 Å². The van der Waals surface area contributed by atoms with Crippen molar-refractivity contribution in [2.24, 2.45) is 11.7 Å². The van der Waals surface area contributed by atoms with E-state index in [2.05, 4.69) is 27.2 Å². The number of morpholine rings is 1. The van der Waals surface area contributed by atoms with Crippen molar-refractivity contribution in [3.8, 4) is 11.1 Å². The molecule has 3 aliphatic rings. The maximum absolute atomic E-state index is 12.9. The van der Waals surface area contributed by atoms with Gasteiger partial charge in [0.05, 0.1) is 13.2 Å². The Morgan fingerprint density at radius 3 is 2.48 bits per heavy atom. The minimum absolute atomic E-state index is 0. The number of carbonyl (C=O) groups excluding carboxylic acids is 1. The zero-order chi connectivity index (χ0) is 27.6. The number of anilines is 3. The number of hydrogen-bond donors (Lipinski definition) is 2. The van der Waals surface area contributed by atoms with Gasteiger partial charge in [0, 0.05) is 57.4 Å². The van der Waals surface area contributed by atoms with Crippen LogP contribution in [0.3, 0.4) is 0 Å². The SMILES string of the molecule is Cc1ccc(NC(=O)N2CC[C@@H](CC(F)(F)F)C2)cc1-c1cc(N2CCOCC2)nc(N2CCC[C@H](N)C2)c1.S. The van der Waals surface area contributed by atoms with Crippen molar-refractivity contribution < 1.29 is 22.7 Å². The summed E-state index contributed by atoms with van der Waals surface area (Å²) in [4.78, 5) is 23.8. The van der Waals surface area contributed by atoms with E-state index in [4.69, 9.17) is 15.5 Å². The predicted molar refractivity (Wildman–Crippen MR) is 157 cm³/mol. The highest BCUT2D eigenvalue weighted by Gasteiger charge is 2.36. The van der Waals surface area contributed by atoms with Gasteiger partial charge in [0.1, 0.15) is 11.6 Å². The molecule has 4 heterocycles. The van der Waals surface area contributed by atoms with Gasteiger partial charge >= 0.3 is 12.2 Å². The first-order valence-corrected chi connectivity index (χ1v) is 13.7. The van der Waals surface area contributed by atoms with Gasteiger partial charge in [0.2, 0.25) is 0 Å². The van der Waals surface area contributed by atoms with Crippen molar-refractivity contribution in [2.75, 3.05) is 67.6 Å². The van der Waals surface area contributed by atoms with Crippen LogP contribution in [0.5, 0.6) is 0 Å². The number of nitrogens with two attached hydrogens (primary N) is 1. The molecule has 1 aromatic carbocycles. The predicted octanol–water partition coefficient (Wildman–Crippen LogP) is 4.74. The van der Waals surface area contributed by atoms with E-state index in [0.717, 1.165) is 67.3 Å². The van der Waals surface area contributed by atoms with Crippen LogP contribution >= 0.6 is 13.5 Å². The number of aromatic nitrogens is 1. The number of alkyl halides is 3. The van der Waals surface area contributed by atoms with Crippen LogP contribution in [0.4, 0.5) is 35.3 Å². The number of carbonyl (C=O) groups is 1. The highest BCUT2D eigenvalue weighted by molar-refractivity contribution is 7.59. The van der Waals surface area contributed by atoms with Crippen LogP contribution in [0, 0.1) is 12.8 Å². The highest BCUT2D eigenvalue weighted by atomic mass is 32.1. The third kappa shape index (κ3) is 7.52. The average molecular weight is 581 g/mol. The molecule has 2 amide bonds. The number of piperidine rings is 1. The standard InChI is InChI=1S/C28H37F3N6O2.H2S/c1-19-4-5-23(33-27(38)37-8-6-20(17-37)16-28(29,30)31)15-24(19)21-13-25(35-9-11-39-12-10-35)34-26(14-21)36-7-2-3-22(32)18-36;/h4-5,13-15,20,22H,2-3,6-12,16-18,32H2,1H3,(H,33,38);1H2/t20-,22-;/m0./s1. The molecule has 5 rings (SSSR count). The molecule has 2 aromatic rings. The summed E-state index contributed by atoms with van der Waals surface area (Å²) in [6.07, 6.45) is -2.70. The van der Waals surface area contributed by atoms with E-state index in [-0.39, 0.29) is 32.1 Å². The minimum atomic E-state index is -4.22. The second-order valence-corrected chi connectivity index (χ2v) is 10.9. The van der Waals surface area contributed by atoms with Gasteiger partial charge in [0.25, 0.3) is 0 Å². The van der Waals surface area contributed by atoms with Crippen LogP contribution in [0.25, 0.3) is 11.1 Å². The smallest absolute Gasteiger partial charge is 0.378 e. The summed E-state index contributed by atoms with van der Waals surface area (Å²) in [5.41, 5.74) is 9.87. The number of ether oxygens (including phenoxy) is 1. The number of nitrogens with zero attached hydrogens (tertiary/aromatic N) is 4. The quantitative estimate of drug-likeness (QED) is 0.532. The van der Waals surface area contributed by atoms with Crippen LogP contribution in [-0.4, -0.2) is 80.6 Å². The summed E-state index contributed by atoms with van der Waals surface area (Å²) in [5.74, 6) is 1.21. The summed E-state index contributed by atoms with van der Waals surface area (Å²) in [6, 6.07) is 9.61. The Morgan fingerprint density at radius 2 is 1.77 bits per heavy atom. The molecule has 3 saturated heterocycles. The lowest BCUT2D eigenvalue weighted by molar-refractivity contribution is -0.143. The third-order valence-corrected chi connectivity index (χ3v) is 7.81. The Labute approximate surface area is 240 Å². The maximum atomic E-state index is 12.9. The molecule has 0 bridgehead atoms. The zero-order valence-electron chi connectivity index (χ0n) is 22.8. The Morgan fingerprint density at radius 1 is 1.05 bits per heavy atom. The number of pyridine rings is 1. The molecule has 0 spiro atoms. The largest absolute Gasteiger partial charge is 0.389 e. The number of nitrogens with one attached hydrogen (secondary N) is 1. The summed E-state index contributed by atoms with van der Waals surface area (Å²) in [5, 5.41) is 2.90. The Bertz CT molecular complexity index is 1180. The van der Waals surface area contributed by atoms with E-state index in [9.17, 15) is 18.0 Å². The molecule has 2 atom stereocenters. The molecule has 0 saturated carbocycles. The second kappa shape index (κ2) is 12.9. The number of aryl methyl sites for hydroxylation is 1. The molecule has 3 N–H and O–H groups in total. The summed E-state index contributed by atoms with van der Waals surface area (Å²) in [7, 11) is 0. The number of halogens is 3. The van der Waals surface area contributed by atoms with E-state index in [1.807, 2.05) is 25.1 Å². The number of urea groups is 1. The normalized spacial score (nSPS) is 21.8. The van der Waals surface area contributed by atoms with E-state index in [1.165, 1.54) is 4.90 Å². The lowest BCUT2D eigenvalue weighted by Gasteiger charge is -2.34. The van der Waals surface area contributed by atoms with Crippen LogP contribution < -0.4 is 20.9 Å². The van der Waals surface area contributed by atoms with Gasteiger partial charge in [0.15, 0.2) is 0 Å². The van der Waals surface area contributed by atoms with Crippen molar-refractivity contribution in [1.82, 2.24) is 9.88 Å². The van der Waals surface area contributed by atoms with Crippen molar-refractivity contribution >= 4 is 36.8 Å². The van der Waals surface area contributed by atoms with Gasteiger partial charge in [-0.2, -0.15) is 26.7 Å². The molecule has 0 aliphatic carbocycles. The average Bonchev–Trinajstić information content (AvgIpc) is 3.37. The topological polar surface area (TPSA) is 87.0 Å². The van der Waals surface area contributed by atoms with Gasteiger partial charge in [-0.3, -0.25) is 0 Å². The minimum Gasteiger partial charge on any atom is -0.378 e. The fourth-order valence-electron chi connectivity index (χ4n) is 5.72. The van der Waals surface area contributed by atoms with E-state index >= 15 is 0 Å². The van der Waals surface area contributed by atoms with Crippen molar-refractivity contribution in [2.45, 2.75) is 44.8 Å². The van der Waals surface area contributed by atoms with Gasteiger partial charge in [-0.15, -0.1) is 0 Å². The summed E-state index contributed by atoms with van der Waals surface area (Å²) in [6.45, 7) is 6.91. The number of benzene rings is 1. The number of hydrogen-bond acceptors (Lipinski definition) is 6. The first kappa shape index (κ1) is 30.3. The van der Waals surface area contributed by atoms with Gasteiger partial charge in [-0.1, -0.05) is 6.07 Å². The molecule has 0 radical (unpaired) electrons. The fraction of sp³-hybridized carbons (Fsp3) is 0.571. The first-order chi connectivity index (χ1) is 18.6. The molecule has 3 fully saturated rings. The van der Waals surface area contributed by atoms with Crippen LogP contribution in [0.2, 0.25) is 0 Å². The van der Waals surface area contributed by atoms with Crippen molar-refractivity contribution in [3.05, 3.63) is 35.9 Å². The van der Waals surface area contributed by atoms with E-state index in [0.29, 0.717) is 31.9 Å². The van der Waals surface area contributed by atoms with E-state index < -0.39 is 18.5 Å². The molecule has 0 unspecified atom stereocenters. The van der Waals surface area contributed by atoms with Gasteiger partial charge < -0.3 is 30.5 Å². The second-order valence-electron chi connectivity index (χ2n) is 10.9. The Balaban J connectivity index is 0.00000370. The molecular formula is C28H39F3N6O2S. The third-order valence-electron chi connectivity index (χ3n) is 7.81.